The van der Waals surface area contributed by atoms with Crippen LogP contribution in [0.4, 0.5) is 0 Å². The van der Waals surface area contributed by atoms with Gasteiger partial charge in [0.2, 0.25) is 0 Å². The van der Waals surface area contributed by atoms with Crippen LogP contribution in [0.5, 0.6) is 0 Å². The molecule has 0 fully saturated rings. The summed E-state index contributed by atoms with van der Waals surface area (Å²) >= 11 is 0. The van der Waals surface area contributed by atoms with E-state index in [0.29, 0.717) is 0 Å². The number of aryl methyl sites for hydroxylation is 4. The van der Waals surface area contributed by atoms with Crippen molar-refractivity contribution in [3.05, 3.63) is 127 Å². The molecule has 0 aliphatic heterocycles. The van der Waals surface area contributed by atoms with E-state index in [1.54, 1.807) is 0 Å². The highest BCUT2D eigenvalue weighted by Gasteiger charge is 2.48. The molecule has 0 N–H and O–H groups in total. The van der Waals surface area contributed by atoms with E-state index in [1.807, 2.05) is 0 Å². The highest BCUT2D eigenvalue weighted by molar-refractivity contribution is 5.87. The first-order valence-electron chi connectivity index (χ1n) is 15.2. The van der Waals surface area contributed by atoms with Gasteiger partial charge in [0, 0.05) is 0 Å². The number of rotatable bonds is 8. The first-order chi connectivity index (χ1) is 18.7. The highest BCUT2D eigenvalue weighted by atomic mass is 14.5. The van der Waals surface area contributed by atoms with E-state index in [1.165, 1.54) is 104 Å². The molecule has 5 rings (SSSR count). The minimum Gasteiger partial charge on any atom is -0.0654 e. The Balaban J connectivity index is 1.91. The highest BCUT2D eigenvalue weighted by Crippen LogP contribution is 2.58. The third-order valence-corrected chi connectivity index (χ3v) is 9.65. The van der Waals surface area contributed by atoms with E-state index in [-0.39, 0.29) is 5.41 Å². The Bertz CT molecular complexity index is 1410. The molecule has 0 amide bonds. The summed E-state index contributed by atoms with van der Waals surface area (Å²) in [5.74, 6) is 0. The summed E-state index contributed by atoms with van der Waals surface area (Å²) in [5, 5.41) is 0. The van der Waals surface area contributed by atoms with Gasteiger partial charge in [0.25, 0.3) is 0 Å². The molecule has 0 radical (unpaired) electrons. The van der Waals surface area contributed by atoms with Crippen LogP contribution in [-0.4, -0.2) is 0 Å². The molecule has 0 heteroatoms. The number of fused-ring (bicyclic) bond motifs is 3. The van der Waals surface area contributed by atoms with Crippen LogP contribution in [0.25, 0.3) is 11.1 Å². The first kappa shape index (κ1) is 27.4. The van der Waals surface area contributed by atoms with Crippen LogP contribution >= 0.6 is 0 Å². The van der Waals surface area contributed by atoms with Crippen molar-refractivity contribution in [2.45, 2.75) is 99.3 Å². The summed E-state index contributed by atoms with van der Waals surface area (Å²) in [5.41, 5.74) is 19.7. The minimum atomic E-state index is -0.334. The molecular formula is C39H46. The van der Waals surface area contributed by atoms with Crippen molar-refractivity contribution in [2.75, 3.05) is 0 Å². The molecular weight excluding hydrogens is 468 g/mol. The lowest BCUT2D eigenvalue weighted by molar-refractivity contribution is 0.738. The molecule has 0 heterocycles. The summed E-state index contributed by atoms with van der Waals surface area (Å²) in [6.45, 7) is 18.5. The number of hydrogen-bond acceptors (Lipinski definition) is 0. The van der Waals surface area contributed by atoms with Gasteiger partial charge >= 0.3 is 0 Å². The average molecular weight is 515 g/mol. The van der Waals surface area contributed by atoms with Gasteiger partial charge < -0.3 is 0 Å². The van der Waals surface area contributed by atoms with Gasteiger partial charge in [-0.15, -0.1) is 0 Å². The molecule has 202 valence electrons. The van der Waals surface area contributed by atoms with Crippen LogP contribution in [0.3, 0.4) is 0 Å². The molecule has 0 unspecified atom stereocenters. The van der Waals surface area contributed by atoms with Crippen LogP contribution in [0, 0.1) is 41.5 Å². The molecule has 0 bridgehead atoms. The Morgan fingerprint density at radius 3 is 1.26 bits per heavy atom. The Morgan fingerprint density at radius 1 is 0.462 bits per heavy atom. The lowest BCUT2D eigenvalue weighted by atomic mass is 9.64. The van der Waals surface area contributed by atoms with E-state index >= 15 is 0 Å². The van der Waals surface area contributed by atoms with Gasteiger partial charge in [0.1, 0.15) is 0 Å². The number of unbranched alkanes of at least 4 members (excludes halogenated alkanes) is 2. The van der Waals surface area contributed by atoms with Gasteiger partial charge in [-0.25, -0.2) is 0 Å². The molecule has 1 aliphatic carbocycles. The van der Waals surface area contributed by atoms with Crippen LogP contribution in [0.2, 0.25) is 0 Å². The third-order valence-electron chi connectivity index (χ3n) is 9.65. The van der Waals surface area contributed by atoms with Crippen LogP contribution in [-0.2, 0) is 18.3 Å². The van der Waals surface area contributed by atoms with Crippen LogP contribution in [0.1, 0.15) is 106 Å². The molecule has 4 aromatic rings. The fourth-order valence-electron chi connectivity index (χ4n) is 7.12. The monoisotopic (exact) mass is 514 g/mol. The summed E-state index contributed by atoms with van der Waals surface area (Å²) in [6, 6.07) is 24.1. The maximum atomic E-state index is 2.48. The molecule has 0 saturated carbocycles. The molecule has 0 spiro atoms. The van der Waals surface area contributed by atoms with Gasteiger partial charge in [-0.1, -0.05) is 98.5 Å². The zero-order valence-corrected chi connectivity index (χ0v) is 25.5. The van der Waals surface area contributed by atoms with Crippen molar-refractivity contribution in [3.8, 4) is 11.1 Å². The van der Waals surface area contributed by atoms with E-state index in [9.17, 15) is 0 Å². The minimum absolute atomic E-state index is 0.334. The Morgan fingerprint density at radius 2 is 0.872 bits per heavy atom. The Hall–Kier alpha value is -3.12. The van der Waals surface area contributed by atoms with E-state index in [4.69, 9.17) is 0 Å². The molecule has 0 nitrogen and oxygen atoms in total. The predicted octanol–water partition coefficient (Wildman–Crippen LogP) is 10.6. The Labute approximate surface area is 237 Å². The first-order valence-corrected chi connectivity index (χ1v) is 15.2. The normalized spacial score (nSPS) is 13.4. The molecule has 4 aromatic carbocycles. The lowest BCUT2D eigenvalue weighted by Gasteiger charge is -2.38. The van der Waals surface area contributed by atoms with Gasteiger partial charge in [0.05, 0.1) is 5.41 Å². The molecule has 0 saturated heterocycles. The SMILES string of the molecule is CCCCc1ccc(C2(c3ccc(CCCC)c(C)c3C)c3cc(C)ccc3-c3ccc(C)cc32)c(C)c1C. The quantitative estimate of drug-likeness (QED) is 0.193. The van der Waals surface area contributed by atoms with Crippen molar-refractivity contribution in [1.29, 1.82) is 0 Å². The van der Waals surface area contributed by atoms with Crippen LogP contribution in [0.15, 0.2) is 60.7 Å². The fourth-order valence-corrected chi connectivity index (χ4v) is 7.12. The summed E-state index contributed by atoms with van der Waals surface area (Å²) in [7, 11) is 0. The molecule has 0 aromatic heterocycles. The average Bonchev–Trinajstić information content (AvgIpc) is 3.19. The largest absolute Gasteiger partial charge is 0.0719 e. The standard InChI is InChI=1S/C39H46/c1-9-11-13-31-17-21-35(29(7)27(31)5)39(36-22-18-32(14-12-10-2)28(6)30(36)8)37-23-25(3)15-19-33(37)34-20-16-26(4)24-38(34)39/h15-24H,9-14H2,1-8H3. The van der Waals surface area contributed by atoms with Crippen LogP contribution < -0.4 is 0 Å². The second-order valence-corrected chi connectivity index (χ2v) is 12.1. The van der Waals surface area contributed by atoms with Gasteiger partial charge in [-0.05, 0) is 134 Å². The number of hydrogen-bond donors (Lipinski definition) is 0. The Kier molecular flexibility index (Phi) is 7.60. The van der Waals surface area contributed by atoms with E-state index < -0.39 is 0 Å². The fraction of sp³-hybridized carbons (Fsp3) is 0.385. The van der Waals surface area contributed by atoms with E-state index in [0.717, 1.165) is 12.8 Å². The summed E-state index contributed by atoms with van der Waals surface area (Å²) < 4.78 is 0. The van der Waals surface area contributed by atoms with Crippen molar-refractivity contribution in [1.82, 2.24) is 0 Å². The molecule has 0 atom stereocenters. The van der Waals surface area contributed by atoms with Crippen molar-refractivity contribution in [2.24, 2.45) is 0 Å². The third kappa shape index (κ3) is 4.37. The second kappa shape index (κ2) is 10.8. The maximum Gasteiger partial charge on any atom is 0.0719 e. The molecule has 1 aliphatic rings. The van der Waals surface area contributed by atoms with Gasteiger partial charge in [0.15, 0.2) is 0 Å². The second-order valence-electron chi connectivity index (χ2n) is 12.1. The van der Waals surface area contributed by atoms with Crippen molar-refractivity contribution in [3.63, 3.8) is 0 Å². The smallest absolute Gasteiger partial charge is 0.0654 e. The maximum absolute atomic E-state index is 2.48. The van der Waals surface area contributed by atoms with E-state index in [2.05, 4.69) is 116 Å². The van der Waals surface area contributed by atoms with Gasteiger partial charge in [-0.2, -0.15) is 0 Å². The summed E-state index contributed by atoms with van der Waals surface area (Å²) in [4.78, 5) is 0. The topological polar surface area (TPSA) is 0 Å². The van der Waals surface area contributed by atoms with Crippen molar-refractivity contribution < 1.29 is 0 Å². The molecule has 39 heavy (non-hydrogen) atoms. The number of benzene rings is 4. The summed E-state index contributed by atoms with van der Waals surface area (Å²) in [6.07, 6.45) is 7.26. The van der Waals surface area contributed by atoms with Gasteiger partial charge in [-0.3, -0.25) is 0 Å². The zero-order chi connectivity index (χ0) is 27.9. The lowest BCUT2D eigenvalue weighted by Crippen LogP contribution is -2.31. The zero-order valence-electron chi connectivity index (χ0n) is 25.5. The van der Waals surface area contributed by atoms with Crippen molar-refractivity contribution >= 4 is 0 Å². The predicted molar refractivity (Wildman–Crippen MR) is 169 cm³/mol.